The Morgan fingerprint density at radius 3 is 2.26 bits per heavy atom. The fraction of sp³-hybridized carbons (Fsp3) is 0.667. The molecule has 0 amide bonds. The minimum Gasteiger partial charge on any atom is -0.300 e. The molecule has 0 saturated heterocycles. The normalized spacial score (nSPS) is 23.0. The van der Waals surface area contributed by atoms with Crippen molar-refractivity contribution in [1.29, 1.82) is 0 Å². The quantitative estimate of drug-likeness (QED) is 0.233. The summed E-state index contributed by atoms with van der Waals surface area (Å²) in [6, 6.07) is 2.43. The van der Waals surface area contributed by atoms with Crippen LogP contribution in [0.15, 0.2) is 24.3 Å². The number of allylic oxidation sites excluding steroid dienone is 4. The number of Topliss-reactive ketones (excluding diaryl/α,β-unsaturated/α-hetero) is 3. The van der Waals surface area contributed by atoms with Crippen molar-refractivity contribution in [2.75, 3.05) is 0 Å². The standard InChI is InChI=1S/C36H50O3.C3H8/c1-6-10-29(31(7-2)34(38)17-24(4)37)19-27-20-33-32(28-11-8-9-12-28)22-30(25(5)36(33)35(39)21-27)18-26-15-13-23(3)14-16-26;1-3-2/h8,11-12,22-23,26-27,29,31H,6-7,9-10,13-21H2,1-5H3;3H2,1-2H3. The van der Waals surface area contributed by atoms with Crippen LogP contribution in [0.3, 0.4) is 0 Å². The smallest absolute Gasteiger partial charge is 0.163 e. The van der Waals surface area contributed by atoms with Gasteiger partial charge in [0.2, 0.25) is 0 Å². The van der Waals surface area contributed by atoms with Crippen LogP contribution in [-0.2, 0) is 22.4 Å². The monoisotopic (exact) mass is 574 g/mol. The van der Waals surface area contributed by atoms with E-state index in [9.17, 15) is 14.4 Å². The largest absolute Gasteiger partial charge is 0.300 e. The van der Waals surface area contributed by atoms with Crippen molar-refractivity contribution in [1.82, 2.24) is 0 Å². The molecular weight excluding hydrogens is 516 g/mol. The van der Waals surface area contributed by atoms with Crippen LogP contribution in [-0.4, -0.2) is 17.3 Å². The molecule has 1 aromatic carbocycles. The Morgan fingerprint density at radius 2 is 1.69 bits per heavy atom. The summed E-state index contributed by atoms with van der Waals surface area (Å²) in [6.45, 7) is 14.6. The van der Waals surface area contributed by atoms with Crippen LogP contribution < -0.4 is 0 Å². The van der Waals surface area contributed by atoms with Gasteiger partial charge in [0.1, 0.15) is 11.6 Å². The van der Waals surface area contributed by atoms with E-state index < -0.39 is 0 Å². The molecule has 42 heavy (non-hydrogen) atoms. The summed E-state index contributed by atoms with van der Waals surface area (Å²) in [5.41, 5.74) is 7.37. The molecule has 4 rings (SSSR count). The second-order valence-electron chi connectivity index (χ2n) is 13.7. The van der Waals surface area contributed by atoms with E-state index in [1.165, 1.54) is 66.9 Å². The maximum atomic E-state index is 13.9. The maximum absolute atomic E-state index is 13.9. The van der Waals surface area contributed by atoms with Crippen molar-refractivity contribution in [2.24, 2.45) is 29.6 Å². The van der Waals surface area contributed by atoms with Gasteiger partial charge < -0.3 is 0 Å². The van der Waals surface area contributed by atoms with Gasteiger partial charge >= 0.3 is 0 Å². The molecule has 3 aliphatic rings. The van der Waals surface area contributed by atoms with E-state index in [4.69, 9.17) is 0 Å². The molecule has 3 aliphatic carbocycles. The van der Waals surface area contributed by atoms with Crippen molar-refractivity contribution in [3.8, 4) is 0 Å². The highest BCUT2D eigenvalue weighted by atomic mass is 16.1. The van der Waals surface area contributed by atoms with Gasteiger partial charge in [-0.2, -0.15) is 0 Å². The third-order valence-electron chi connectivity index (χ3n) is 9.92. The molecule has 3 unspecified atom stereocenters. The van der Waals surface area contributed by atoms with E-state index in [-0.39, 0.29) is 35.7 Å². The number of carbonyl (C=O) groups excluding carboxylic acids is 3. The zero-order valence-corrected chi connectivity index (χ0v) is 27.8. The maximum Gasteiger partial charge on any atom is 0.163 e. The summed E-state index contributed by atoms with van der Waals surface area (Å²) in [5.74, 6) is 2.28. The average Bonchev–Trinajstić information content (AvgIpc) is 3.47. The van der Waals surface area contributed by atoms with E-state index in [1.807, 2.05) is 0 Å². The van der Waals surface area contributed by atoms with Gasteiger partial charge in [-0.05, 0) is 110 Å². The number of fused-ring (bicyclic) bond motifs is 1. The van der Waals surface area contributed by atoms with Gasteiger partial charge in [0.05, 0.1) is 6.42 Å². The zero-order chi connectivity index (χ0) is 30.8. The lowest BCUT2D eigenvalue weighted by Crippen LogP contribution is -2.30. The number of benzene rings is 1. The van der Waals surface area contributed by atoms with Crippen molar-refractivity contribution in [2.45, 2.75) is 138 Å². The lowest BCUT2D eigenvalue weighted by atomic mass is 9.70. The van der Waals surface area contributed by atoms with Gasteiger partial charge in [-0.25, -0.2) is 0 Å². The van der Waals surface area contributed by atoms with E-state index >= 15 is 0 Å². The first-order valence-corrected chi connectivity index (χ1v) is 17.2. The summed E-state index contributed by atoms with van der Waals surface area (Å²) < 4.78 is 0. The molecule has 232 valence electrons. The molecule has 3 heteroatoms. The molecule has 1 aromatic rings. The molecule has 0 N–H and O–H groups in total. The van der Waals surface area contributed by atoms with Crippen molar-refractivity contribution >= 4 is 22.9 Å². The van der Waals surface area contributed by atoms with Crippen LogP contribution >= 0.6 is 0 Å². The summed E-state index contributed by atoms with van der Waals surface area (Å²) in [7, 11) is 0. The molecule has 0 heterocycles. The molecule has 1 fully saturated rings. The van der Waals surface area contributed by atoms with Crippen LogP contribution in [0.2, 0.25) is 0 Å². The molecule has 1 saturated carbocycles. The molecule has 0 radical (unpaired) electrons. The number of hydrogen-bond donors (Lipinski definition) is 0. The summed E-state index contributed by atoms with van der Waals surface area (Å²) in [5, 5.41) is 0. The van der Waals surface area contributed by atoms with Crippen molar-refractivity contribution in [3.05, 3.63) is 52.1 Å². The molecule has 0 bridgehead atoms. The van der Waals surface area contributed by atoms with Crippen LogP contribution in [0.1, 0.15) is 151 Å². The number of ketones is 3. The first kappa shape index (κ1) is 34.2. The van der Waals surface area contributed by atoms with Crippen LogP contribution in [0.25, 0.3) is 5.57 Å². The van der Waals surface area contributed by atoms with Gasteiger partial charge in [0, 0.05) is 17.9 Å². The van der Waals surface area contributed by atoms with Gasteiger partial charge in [-0.1, -0.05) is 91.0 Å². The number of carbonyl (C=O) groups is 3. The predicted molar refractivity (Wildman–Crippen MR) is 177 cm³/mol. The van der Waals surface area contributed by atoms with Gasteiger partial charge in [-0.15, -0.1) is 0 Å². The minimum absolute atomic E-state index is 0.0394. The molecule has 0 aromatic heterocycles. The van der Waals surface area contributed by atoms with E-state index in [2.05, 4.69) is 65.8 Å². The van der Waals surface area contributed by atoms with Crippen LogP contribution in [0, 0.1) is 36.5 Å². The number of hydrogen-bond acceptors (Lipinski definition) is 3. The van der Waals surface area contributed by atoms with Crippen LogP contribution in [0.5, 0.6) is 0 Å². The van der Waals surface area contributed by atoms with Gasteiger partial charge in [0.15, 0.2) is 5.78 Å². The molecule has 0 aliphatic heterocycles. The Kier molecular flexibility index (Phi) is 13.5. The van der Waals surface area contributed by atoms with Gasteiger partial charge in [-0.3, -0.25) is 14.4 Å². The molecule has 0 spiro atoms. The Balaban J connectivity index is 0.00000155. The topological polar surface area (TPSA) is 51.2 Å². The summed E-state index contributed by atoms with van der Waals surface area (Å²) in [6.07, 6.45) is 20.4. The van der Waals surface area contributed by atoms with E-state index in [1.54, 1.807) is 0 Å². The Bertz CT molecular complexity index is 1140. The third-order valence-corrected chi connectivity index (χ3v) is 9.92. The Morgan fingerprint density at radius 1 is 1.00 bits per heavy atom. The first-order chi connectivity index (χ1) is 20.1. The molecular formula is C39H58O3. The zero-order valence-electron chi connectivity index (χ0n) is 27.8. The predicted octanol–water partition coefficient (Wildman–Crippen LogP) is 10.2. The first-order valence-electron chi connectivity index (χ1n) is 17.2. The highest BCUT2D eigenvalue weighted by Crippen LogP contribution is 2.42. The lowest BCUT2D eigenvalue weighted by molar-refractivity contribution is -0.129. The highest BCUT2D eigenvalue weighted by Gasteiger charge is 2.35. The second kappa shape index (κ2) is 16.5. The van der Waals surface area contributed by atoms with E-state index in [0.29, 0.717) is 12.2 Å². The van der Waals surface area contributed by atoms with E-state index in [0.717, 1.165) is 62.3 Å². The highest BCUT2D eigenvalue weighted by molar-refractivity contribution is 6.02. The molecule has 3 nitrogen and oxygen atoms in total. The fourth-order valence-electron chi connectivity index (χ4n) is 7.83. The van der Waals surface area contributed by atoms with Crippen LogP contribution in [0.4, 0.5) is 0 Å². The van der Waals surface area contributed by atoms with Gasteiger partial charge in [0.25, 0.3) is 0 Å². The lowest BCUT2D eigenvalue weighted by Gasteiger charge is -2.34. The summed E-state index contributed by atoms with van der Waals surface area (Å²) in [4.78, 5) is 38.6. The van der Waals surface area contributed by atoms with Crippen molar-refractivity contribution < 1.29 is 14.4 Å². The third kappa shape index (κ3) is 8.87. The summed E-state index contributed by atoms with van der Waals surface area (Å²) >= 11 is 0. The number of rotatable bonds is 12. The SMILES string of the molecule is CCC.CCCC(CC1CC(=O)c2c(C)c(CC3CCC(C)CC3)cc(C3=CCC=C3)c2C1)C(CC)C(=O)CC(C)=O. The van der Waals surface area contributed by atoms with Crippen molar-refractivity contribution in [3.63, 3.8) is 0 Å². The second-order valence-corrected chi connectivity index (χ2v) is 13.7. The fourth-order valence-corrected chi connectivity index (χ4v) is 7.83. The Hall–Kier alpha value is -2.29. The Labute approximate surface area is 257 Å². The average molecular weight is 575 g/mol. The molecule has 3 atom stereocenters. The minimum atomic E-state index is -0.0902.